The summed E-state index contributed by atoms with van der Waals surface area (Å²) in [4.78, 5) is 31.6. The van der Waals surface area contributed by atoms with Crippen LogP contribution in [0.5, 0.6) is 5.75 Å². The number of rotatable bonds is 9. The molecule has 0 fully saturated rings. The molecule has 4 rings (SSSR count). The fraction of sp³-hybridized carbons (Fsp3) is 0.0741. The highest BCUT2D eigenvalue weighted by atomic mass is 32.1. The molecule has 0 aliphatic rings. The molecule has 0 N–H and O–H groups in total. The Morgan fingerprint density at radius 2 is 1.55 bits per heavy atom. The number of ketones is 1. The molecule has 0 aliphatic heterocycles. The zero-order valence-corrected chi connectivity index (χ0v) is 18.7. The Labute approximate surface area is 196 Å². The third-order valence-corrected chi connectivity index (χ3v) is 5.78. The van der Waals surface area contributed by atoms with E-state index in [0.717, 1.165) is 11.3 Å². The van der Waals surface area contributed by atoms with Crippen molar-refractivity contribution >= 4 is 28.2 Å². The average molecular weight is 455 g/mol. The lowest BCUT2D eigenvalue weighted by Gasteiger charge is -2.18. The fourth-order valence-corrected chi connectivity index (χ4v) is 4.09. The lowest BCUT2D eigenvalue weighted by atomic mass is 10.0. The maximum absolute atomic E-state index is 12.9. The van der Waals surface area contributed by atoms with Crippen molar-refractivity contribution in [2.45, 2.75) is 0 Å². The number of ether oxygens (including phenoxy) is 1. The Balaban J connectivity index is 1.41. The van der Waals surface area contributed by atoms with Gasteiger partial charge in [0.15, 0.2) is 17.5 Å². The zero-order chi connectivity index (χ0) is 23.0. The van der Waals surface area contributed by atoms with Crippen molar-refractivity contribution in [1.82, 2.24) is 4.98 Å². The number of thiazole rings is 1. The second-order valence-corrected chi connectivity index (χ2v) is 8.02. The van der Waals surface area contributed by atoms with Crippen molar-refractivity contribution in [3.05, 3.63) is 114 Å². The highest BCUT2D eigenvalue weighted by molar-refractivity contribution is 7.14. The summed E-state index contributed by atoms with van der Waals surface area (Å²) in [6.07, 6.45) is 1.66. The summed E-state index contributed by atoms with van der Waals surface area (Å²) >= 11 is 1.40. The van der Waals surface area contributed by atoms with E-state index in [0.29, 0.717) is 28.6 Å². The predicted octanol–water partition coefficient (Wildman–Crippen LogP) is 5.64. The Bertz CT molecular complexity index is 1240. The van der Waals surface area contributed by atoms with Gasteiger partial charge in [-0.25, -0.2) is 4.98 Å². The van der Waals surface area contributed by atoms with E-state index in [1.54, 1.807) is 47.4 Å². The van der Waals surface area contributed by atoms with Crippen LogP contribution in [0.2, 0.25) is 0 Å². The monoisotopic (exact) mass is 454 g/mol. The van der Waals surface area contributed by atoms with Gasteiger partial charge in [-0.2, -0.15) is 0 Å². The minimum absolute atomic E-state index is 0.0617. The number of aromatic nitrogens is 1. The summed E-state index contributed by atoms with van der Waals surface area (Å²) in [7, 11) is 0. The fourth-order valence-electron chi connectivity index (χ4n) is 3.23. The summed E-state index contributed by atoms with van der Waals surface area (Å²) in [6, 6.07) is 25.7. The number of carbonyl (C=O) groups is 2. The second-order valence-electron chi connectivity index (χ2n) is 7.18. The SMILES string of the molecule is C=CCN(C(=O)COc1ccc(C(=O)c2ccccc2)cc1)c1nc(-c2ccccc2)cs1. The predicted molar refractivity (Wildman–Crippen MR) is 132 cm³/mol. The van der Waals surface area contributed by atoms with Gasteiger partial charge in [0.1, 0.15) is 5.75 Å². The molecule has 0 unspecified atom stereocenters. The summed E-state index contributed by atoms with van der Waals surface area (Å²) < 4.78 is 5.69. The van der Waals surface area contributed by atoms with Gasteiger partial charge in [-0.3, -0.25) is 14.5 Å². The van der Waals surface area contributed by atoms with Gasteiger partial charge in [0.2, 0.25) is 0 Å². The van der Waals surface area contributed by atoms with E-state index in [9.17, 15) is 9.59 Å². The van der Waals surface area contributed by atoms with Crippen LogP contribution in [0.15, 0.2) is 103 Å². The van der Waals surface area contributed by atoms with Crippen LogP contribution in [-0.4, -0.2) is 29.8 Å². The quantitative estimate of drug-likeness (QED) is 0.243. The second kappa shape index (κ2) is 10.5. The zero-order valence-electron chi connectivity index (χ0n) is 17.9. The van der Waals surface area contributed by atoms with Gasteiger partial charge in [-0.1, -0.05) is 66.7 Å². The lowest BCUT2D eigenvalue weighted by Crippen LogP contribution is -2.35. The van der Waals surface area contributed by atoms with Crippen molar-refractivity contribution in [1.29, 1.82) is 0 Å². The van der Waals surface area contributed by atoms with Crippen LogP contribution in [0, 0.1) is 0 Å². The third-order valence-electron chi connectivity index (χ3n) is 4.92. The molecule has 4 aromatic rings. The van der Waals surface area contributed by atoms with Crippen LogP contribution in [0.4, 0.5) is 5.13 Å². The average Bonchev–Trinajstić information content (AvgIpc) is 3.37. The van der Waals surface area contributed by atoms with E-state index in [1.807, 2.05) is 53.9 Å². The minimum atomic E-state index is -0.228. The Morgan fingerprint density at radius 1 is 0.909 bits per heavy atom. The molecule has 0 aliphatic carbocycles. The lowest BCUT2D eigenvalue weighted by molar-refractivity contribution is -0.120. The first-order chi connectivity index (χ1) is 16.2. The van der Waals surface area contributed by atoms with Gasteiger partial charge < -0.3 is 4.74 Å². The van der Waals surface area contributed by atoms with Crippen molar-refractivity contribution in [2.75, 3.05) is 18.1 Å². The standard InChI is InChI=1S/C27H22N2O3S/c1-2-17-29(27-28-24(19-33-27)20-9-5-3-6-10-20)25(30)18-32-23-15-13-22(14-16-23)26(31)21-11-7-4-8-12-21/h2-16,19H,1,17-18H2. The van der Waals surface area contributed by atoms with E-state index in [-0.39, 0.29) is 18.3 Å². The van der Waals surface area contributed by atoms with E-state index in [1.165, 1.54) is 11.3 Å². The molecule has 164 valence electrons. The Morgan fingerprint density at radius 3 is 2.21 bits per heavy atom. The van der Waals surface area contributed by atoms with Gasteiger partial charge in [0.25, 0.3) is 5.91 Å². The highest BCUT2D eigenvalue weighted by Crippen LogP contribution is 2.27. The molecule has 1 aromatic heterocycles. The van der Waals surface area contributed by atoms with Gasteiger partial charge in [0, 0.05) is 28.6 Å². The third kappa shape index (κ3) is 5.42. The van der Waals surface area contributed by atoms with Crippen LogP contribution in [0.3, 0.4) is 0 Å². The summed E-state index contributed by atoms with van der Waals surface area (Å²) in [6.45, 7) is 3.93. The number of hydrogen-bond donors (Lipinski definition) is 0. The molecule has 0 atom stereocenters. The number of anilines is 1. The molecule has 33 heavy (non-hydrogen) atoms. The van der Waals surface area contributed by atoms with Crippen LogP contribution in [-0.2, 0) is 4.79 Å². The maximum atomic E-state index is 12.9. The smallest absolute Gasteiger partial charge is 0.266 e. The van der Waals surface area contributed by atoms with Crippen molar-refractivity contribution in [3.63, 3.8) is 0 Å². The van der Waals surface area contributed by atoms with E-state index in [2.05, 4.69) is 11.6 Å². The summed E-state index contributed by atoms with van der Waals surface area (Å²) in [5.74, 6) is 0.220. The molecule has 0 saturated carbocycles. The topological polar surface area (TPSA) is 59.5 Å². The molecule has 5 nitrogen and oxygen atoms in total. The Kier molecular flexibility index (Phi) is 7.07. The highest BCUT2D eigenvalue weighted by Gasteiger charge is 2.19. The number of benzene rings is 3. The van der Waals surface area contributed by atoms with Gasteiger partial charge in [0.05, 0.1) is 5.69 Å². The first-order valence-electron chi connectivity index (χ1n) is 10.4. The number of carbonyl (C=O) groups excluding carboxylic acids is 2. The summed E-state index contributed by atoms with van der Waals surface area (Å²) in [5.41, 5.74) is 2.99. The normalized spacial score (nSPS) is 10.4. The van der Waals surface area contributed by atoms with Crippen LogP contribution < -0.4 is 9.64 Å². The van der Waals surface area contributed by atoms with Crippen molar-refractivity contribution < 1.29 is 14.3 Å². The van der Waals surface area contributed by atoms with Crippen LogP contribution >= 0.6 is 11.3 Å². The van der Waals surface area contributed by atoms with Crippen LogP contribution in [0.25, 0.3) is 11.3 Å². The molecule has 0 radical (unpaired) electrons. The van der Waals surface area contributed by atoms with Gasteiger partial charge in [-0.05, 0) is 24.3 Å². The van der Waals surface area contributed by atoms with Crippen LogP contribution in [0.1, 0.15) is 15.9 Å². The molecule has 0 spiro atoms. The first-order valence-corrected chi connectivity index (χ1v) is 11.3. The first kappa shape index (κ1) is 22.2. The minimum Gasteiger partial charge on any atom is -0.484 e. The molecule has 3 aromatic carbocycles. The molecule has 6 heteroatoms. The van der Waals surface area contributed by atoms with E-state index in [4.69, 9.17) is 4.74 Å². The molecule has 1 amide bonds. The number of amides is 1. The molecule has 0 bridgehead atoms. The molecule has 1 heterocycles. The number of hydrogen-bond acceptors (Lipinski definition) is 5. The molecular formula is C27H22N2O3S. The molecular weight excluding hydrogens is 432 g/mol. The summed E-state index contributed by atoms with van der Waals surface area (Å²) in [5, 5.41) is 2.52. The van der Waals surface area contributed by atoms with E-state index >= 15 is 0 Å². The van der Waals surface area contributed by atoms with Gasteiger partial charge in [-0.15, -0.1) is 17.9 Å². The maximum Gasteiger partial charge on any atom is 0.266 e. The Hall–Kier alpha value is -4.03. The largest absolute Gasteiger partial charge is 0.484 e. The van der Waals surface area contributed by atoms with Gasteiger partial charge >= 0.3 is 0 Å². The van der Waals surface area contributed by atoms with Crippen molar-refractivity contribution in [3.8, 4) is 17.0 Å². The van der Waals surface area contributed by atoms with Crippen molar-refractivity contribution in [2.24, 2.45) is 0 Å². The number of nitrogens with zero attached hydrogens (tertiary/aromatic N) is 2. The van der Waals surface area contributed by atoms with E-state index < -0.39 is 0 Å². The molecule has 0 saturated heterocycles.